The van der Waals surface area contributed by atoms with Crippen LogP contribution in [0.25, 0.3) is 10.9 Å². The zero-order chi connectivity index (χ0) is 9.97. The Labute approximate surface area is 90.6 Å². The van der Waals surface area contributed by atoms with E-state index in [9.17, 15) is 0 Å². The Hall–Kier alpha value is -0.870. The zero-order valence-electron chi connectivity index (χ0n) is 7.88. The van der Waals surface area contributed by atoms with Crippen LogP contribution in [-0.2, 0) is 6.42 Å². The topological polar surface area (TPSA) is 38.1 Å². The van der Waals surface area contributed by atoms with Crippen molar-refractivity contribution in [2.45, 2.75) is 6.42 Å². The minimum Gasteiger partial charge on any atom is -0.360 e. The van der Waals surface area contributed by atoms with E-state index >= 15 is 0 Å². The van der Waals surface area contributed by atoms with Gasteiger partial charge in [0.1, 0.15) is 11.3 Å². The zero-order valence-corrected chi connectivity index (χ0v) is 9.47. The third-order valence-corrected chi connectivity index (χ3v) is 2.61. The highest BCUT2D eigenvalue weighted by atomic mass is 79.9. The highest BCUT2D eigenvalue weighted by Crippen LogP contribution is 2.22. The van der Waals surface area contributed by atoms with Crippen LogP contribution < -0.4 is 5.32 Å². The molecule has 1 aromatic heterocycles. The molecule has 0 unspecified atom stereocenters. The van der Waals surface area contributed by atoms with Gasteiger partial charge in [-0.1, -0.05) is 21.1 Å². The van der Waals surface area contributed by atoms with Gasteiger partial charge in [-0.25, -0.2) is 0 Å². The molecule has 2 aromatic rings. The summed E-state index contributed by atoms with van der Waals surface area (Å²) in [5, 5.41) is 8.19. The van der Waals surface area contributed by atoms with E-state index in [0.717, 1.165) is 34.1 Å². The predicted molar refractivity (Wildman–Crippen MR) is 59.3 cm³/mol. The standard InChI is InChI=1S/C10H11BrN2O/c1-12-5-4-10-8-3-2-7(11)6-9(8)13-14-10/h2-3,6,12H,4-5H2,1H3. The summed E-state index contributed by atoms with van der Waals surface area (Å²) in [5.74, 6) is 0.946. The molecule has 0 atom stereocenters. The number of fused-ring (bicyclic) bond motifs is 1. The molecular formula is C10H11BrN2O. The Morgan fingerprint density at radius 1 is 1.50 bits per heavy atom. The number of aromatic nitrogens is 1. The maximum Gasteiger partial charge on any atom is 0.145 e. The minimum absolute atomic E-state index is 0.870. The van der Waals surface area contributed by atoms with E-state index in [-0.39, 0.29) is 0 Å². The number of hydrogen-bond acceptors (Lipinski definition) is 3. The first-order chi connectivity index (χ1) is 6.81. The van der Waals surface area contributed by atoms with Gasteiger partial charge >= 0.3 is 0 Å². The molecule has 1 heterocycles. The summed E-state index contributed by atoms with van der Waals surface area (Å²) in [4.78, 5) is 0. The molecule has 0 spiro atoms. The first-order valence-electron chi connectivity index (χ1n) is 4.49. The molecule has 0 saturated carbocycles. The normalized spacial score (nSPS) is 11.0. The fourth-order valence-electron chi connectivity index (χ4n) is 1.39. The molecule has 0 bridgehead atoms. The number of benzene rings is 1. The largest absolute Gasteiger partial charge is 0.360 e. The lowest BCUT2D eigenvalue weighted by Gasteiger charge is -1.95. The van der Waals surface area contributed by atoms with Crippen LogP contribution in [0.15, 0.2) is 27.2 Å². The number of nitrogens with one attached hydrogen (secondary N) is 1. The van der Waals surface area contributed by atoms with Crippen LogP contribution in [0.2, 0.25) is 0 Å². The number of rotatable bonds is 3. The second kappa shape index (κ2) is 4.11. The molecule has 3 nitrogen and oxygen atoms in total. The quantitative estimate of drug-likeness (QED) is 0.914. The maximum absolute atomic E-state index is 5.26. The Bertz CT molecular complexity index is 439. The van der Waals surface area contributed by atoms with Crippen molar-refractivity contribution in [2.75, 3.05) is 13.6 Å². The monoisotopic (exact) mass is 254 g/mol. The number of hydrogen-bond donors (Lipinski definition) is 1. The summed E-state index contributed by atoms with van der Waals surface area (Å²) in [6, 6.07) is 5.99. The van der Waals surface area contributed by atoms with E-state index in [1.54, 1.807) is 0 Å². The van der Waals surface area contributed by atoms with Crippen molar-refractivity contribution in [3.8, 4) is 0 Å². The van der Waals surface area contributed by atoms with Gasteiger partial charge < -0.3 is 9.84 Å². The van der Waals surface area contributed by atoms with Crippen LogP contribution in [-0.4, -0.2) is 18.7 Å². The van der Waals surface area contributed by atoms with Gasteiger partial charge in [0.2, 0.25) is 0 Å². The Morgan fingerprint density at radius 3 is 3.14 bits per heavy atom. The molecule has 1 N–H and O–H groups in total. The van der Waals surface area contributed by atoms with Crippen LogP contribution >= 0.6 is 15.9 Å². The van der Waals surface area contributed by atoms with Crippen molar-refractivity contribution in [1.82, 2.24) is 10.5 Å². The SMILES string of the molecule is CNCCc1onc2cc(Br)ccc12. The molecule has 0 fully saturated rings. The maximum atomic E-state index is 5.26. The van der Waals surface area contributed by atoms with Crippen LogP contribution in [0.1, 0.15) is 5.76 Å². The van der Waals surface area contributed by atoms with E-state index in [0.29, 0.717) is 0 Å². The highest BCUT2D eigenvalue weighted by molar-refractivity contribution is 9.10. The van der Waals surface area contributed by atoms with Crippen LogP contribution in [0, 0.1) is 0 Å². The molecule has 14 heavy (non-hydrogen) atoms. The van der Waals surface area contributed by atoms with Gasteiger partial charge in [-0.3, -0.25) is 0 Å². The molecule has 0 saturated heterocycles. The van der Waals surface area contributed by atoms with Crippen molar-refractivity contribution in [2.24, 2.45) is 0 Å². The molecule has 0 amide bonds. The molecule has 74 valence electrons. The summed E-state index contributed by atoms with van der Waals surface area (Å²) >= 11 is 3.40. The van der Waals surface area contributed by atoms with E-state index in [4.69, 9.17) is 4.52 Å². The Balaban J connectivity index is 2.37. The fraction of sp³-hybridized carbons (Fsp3) is 0.300. The van der Waals surface area contributed by atoms with Crippen molar-refractivity contribution >= 4 is 26.8 Å². The van der Waals surface area contributed by atoms with Gasteiger partial charge in [0.25, 0.3) is 0 Å². The summed E-state index contributed by atoms with van der Waals surface area (Å²) in [6.07, 6.45) is 0.870. The minimum atomic E-state index is 0.870. The van der Waals surface area contributed by atoms with Crippen molar-refractivity contribution in [3.05, 3.63) is 28.4 Å². The van der Waals surface area contributed by atoms with E-state index in [1.165, 1.54) is 0 Å². The van der Waals surface area contributed by atoms with Crippen LogP contribution in [0.3, 0.4) is 0 Å². The third-order valence-electron chi connectivity index (χ3n) is 2.12. The second-order valence-corrected chi connectivity index (χ2v) is 4.04. The van der Waals surface area contributed by atoms with Crippen molar-refractivity contribution in [1.29, 1.82) is 0 Å². The lowest BCUT2D eigenvalue weighted by atomic mass is 10.2. The predicted octanol–water partition coefficient (Wildman–Crippen LogP) is 2.35. The van der Waals surface area contributed by atoms with E-state index < -0.39 is 0 Å². The lowest BCUT2D eigenvalue weighted by Crippen LogP contribution is -2.09. The van der Waals surface area contributed by atoms with Gasteiger partial charge in [0, 0.05) is 22.8 Å². The van der Waals surface area contributed by atoms with Gasteiger partial charge in [-0.05, 0) is 25.2 Å². The average Bonchev–Trinajstić information content (AvgIpc) is 2.57. The van der Waals surface area contributed by atoms with Crippen LogP contribution in [0.4, 0.5) is 0 Å². The summed E-state index contributed by atoms with van der Waals surface area (Å²) in [5.41, 5.74) is 0.908. The van der Waals surface area contributed by atoms with Gasteiger partial charge in [0.15, 0.2) is 0 Å². The van der Waals surface area contributed by atoms with E-state index in [1.807, 2.05) is 25.2 Å². The Kier molecular flexibility index (Phi) is 2.84. The molecule has 0 aliphatic heterocycles. The summed E-state index contributed by atoms with van der Waals surface area (Å²) in [7, 11) is 1.93. The molecule has 0 radical (unpaired) electrons. The summed E-state index contributed by atoms with van der Waals surface area (Å²) in [6.45, 7) is 0.903. The van der Waals surface area contributed by atoms with Gasteiger partial charge in [-0.15, -0.1) is 0 Å². The molecular weight excluding hydrogens is 244 g/mol. The highest BCUT2D eigenvalue weighted by Gasteiger charge is 2.07. The van der Waals surface area contributed by atoms with E-state index in [2.05, 4.69) is 26.4 Å². The van der Waals surface area contributed by atoms with Gasteiger partial charge in [-0.2, -0.15) is 0 Å². The fourth-order valence-corrected chi connectivity index (χ4v) is 1.74. The smallest absolute Gasteiger partial charge is 0.145 e. The number of likely N-dealkylation sites (N-methyl/N-ethyl adjacent to an activating group) is 1. The van der Waals surface area contributed by atoms with Crippen molar-refractivity contribution < 1.29 is 4.52 Å². The number of nitrogens with zero attached hydrogens (tertiary/aromatic N) is 1. The average molecular weight is 255 g/mol. The second-order valence-electron chi connectivity index (χ2n) is 3.12. The molecule has 4 heteroatoms. The molecule has 1 aromatic carbocycles. The van der Waals surface area contributed by atoms with Gasteiger partial charge in [0.05, 0.1) is 0 Å². The molecule has 0 aliphatic rings. The first kappa shape index (κ1) is 9.68. The first-order valence-corrected chi connectivity index (χ1v) is 5.29. The number of halogens is 1. The summed E-state index contributed by atoms with van der Waals surface area (Å²) < 4.78 is 6.29. The third kappa shape index (κ3) is 1.81. The molecule has 2 rings (SSSR count). The van der Waals surface area contributed by atoms with Crippen LogP contribution in [0.5, 0.6) is 0 Å². The lowest BCUT2D eigenvalue weighted by molar-refractivity contribution is 0.390. The van der Waals surface area contributed by atoms with Crippen molar-refractivity contribution in [3.63, 3.8) is 0 Å². The Morgan fingerprint density at radius 2 is 2.36 bits per heavy atom. The molecule has 0 aliphatic carbocycles.